The minimum atomic E-state index is -1.19. The van der Waals surface area contributed by atoms with Crippen LogP contribution in [0.3, 0.4) is 0 Å². The van der Waals surface area contributed by atoms with Crippen molar-refractivity contribution >= 4 is 11.6 Å². The fourth-order valence-corrected chi connectivity index (χ4v) is 1.55. The molecule has 0 aromatic heterocycles. The molecule has 17 heavy (non-hydrogen) atoms. The largest absolute Gasteiger partial charge is 0.454 e. The summed E-state index contributed by atoms with van der Waals surface area (Å²) in [6, 6.07) is 5.12. The van der Waals surface area contributed by atoms with Gasteiger partial charge in [-0.05, 0) is 12.1 Å². The number of amides is 1. The van der Waals surface area contributed by atoms with Crippen LogP contribution in [0.2, 0.25) is 0 Å². The maximum atomic E-state index is 11.7. The lowest BCUT2D eigenvalue weighted by Gasteiger charge is -2.20. The molecule has 2 rings (SSSR count). The molecule has 0 fully saturated rings. The third-order valence-electron chi connectivity index (χ3n) is 2.58. The minimum absolute atomic E-state index is 0.103. The molecule has 1 aromatic rings. The Morgan fingerprint density at radius 3 is 2.94 bits per heavy atom. The molecule has 1 atom stereocenters. The van der Waals surface area contributed by atoms with Crippen molar-refractivity contribution in [2.24, 2.45) is 5.73 Å². The van der Waals surface area contributed by atoms with Crippen LogP contribution >= 0.6 is 0 Å². The number of rotatable bonds is 3. The molecule has 0 spiro atoms. The second kappa shape index (κ2) is 4.60. The van der Waals surface area contributed by atoms with Crippen LogP contribution in [-0.4, -0.2) is 37.5 Å². The normalized spacial score (nSPS) is 14.5. The number of benzene rings is 1. The van der Waals surface area contributed by atoms with Crippen molar-refractivity contribution in [1.29, 1.82) is 0 Å². The van der Waals surface area contributed by atoms with E-state index < -0.39 is 12.0 Å². The van der Waals surface area contributed by atoms with E-state index in [0.717, 1.165) is 0 Å². The van der Waals surface area contributed by atoms with Crippen LogP contribution in [0.15, 0.2) is 18.2 Å². The molecule has 1 heterocycles. The zero-order chi connectivity index (χ0) is 12.4. The second-order valence-electron chi connectivity index (χ2n) is 3.69. The van der Waals surface area contributed by atoms with Crippen molar-refractivity contribution in [2.45, 2.75) is 6.10 Å². The van der Waals surface area contributed by atoms with Crippen LogP contribution in [-0.2, 0) is 4.79 Å². The van der Waals surface area contributed by atoms with Gasteiger partial charge in [-0.3, -0.25) is 4.79 Å². The monoisotopic (exact) mass is 238 g/mol. The third-order valence-corrected chi connectivity index (χ3v) is 2.58. The number of carbonyl (C=O) groups is 1. The number of likely N-dealkylation sites (N-methyl/N-ethyl adjacent to an activating group) is 1. The number of aliphatic hydroxyl groups excluding tert-OH is 1. The highest BCUT2D eigenvalue weighted by Crippen LogP contribution is 2.35. The van der Waals surface area contributed by atoms with Crippen LogP contribution in [0, 0.1) is 0 Å². The number of anilines is 1. The van der Waals surface area contributed by atoms with E-state index in [1.807, 2.05) is 0 Å². The van der Waals surface area contributed by atoms with Crippen LogP contribution in [0.1, 0.15) is 0 Å². The molecule has 6 nitrogen and oxygen atoms in total. The van der Waals surface area contributed by atoms with Gasteiger partial charge in [-0.15, -0.1) is 0 Å². The molecule has 0 saturated carbocycles. The SMILES string of the molecule is CN(C(=O)C(O)CN)c1ccc2c(c1)OCO2. The number of carbonyl (C=O) groups excluding carboxylic acids is 1. The van der Waals surface area contributed by atoms with Gasteiger partial charge >= 0.3 is 0 Å². The molecular weight excluding hydrogens is 224 g/mol. The predicted octanol–water partition coefficient (Wildman–Crippen LogP) is -0.302. The van der Waals surface area contributed by atoms with Gasteiger partial charge in [0.05, 0.1) is 0 Å². The number of aliphatic hydroxyl groups is 1. The molecule has 1 aromatic carbocycles. The maximum Gasteiger partial charge on any atom is 0.256 e. The van der Waals surface area contributed by atoms with Gasteiger partial charge in [-0.2, -0.15) is 0 Å². The Balaban J connectivity index is 2.20. The molecular formula is C11H14N2O4. The summed E-state index contributed by atoms with van der Waals surface area (Å²) in [6.45, 7) is 0.0790. The number of nitrogens with zero attached hydrogens (tertiary/aromatic N) is 1. The first kappa shape index (κ1) is 11.7. The van der Waals surface area contributed by atoms with E-state index in [1.165, 1.54) is 4.90 Å². The van der Waals surface area contributed by atoms with Gasteiger partial charge in [-0.25, -0.2) is 0 Å². The molecule has 0 radical (unpaired) electrons. The standard InChI is InChI=1S/C11H14N2O4/c1-13(11(15)8(14)5-12)7-2-3-9-10(4-7)17-6-16-9/h2-4,8,14H,5-6,12H2,1H3. The Morgan fingerprint density at radius 1 is 1.53 bits per heavy atom. The van der Waals surface area contributed by atoms with Crippen molar-refractivity contribution in [3.63, 3.8) is 0 Å². The first-order valence-corrected chi connectivity index (χ1v) is 5.19. The van der Waals surface area contributed by atoms with Crippen LogP contribution < -0.4 is 20.1 Å². The molecule has 3 N–H and O–H groups in total. The molecule has 1 unspecified atom stereocenters. The summed E-state index contributed by atoms with van der Waals surface area (Å²) in [7, 11) is 1.57. The first-order chi connectivity index (χ1) is 8.13. The topological polar surface area (TPSA) is 85.0 Å². The summed E-state index contributed by atoms with van der Waals surface area (Å²) in [5.41, 5.74) is 5.85. The average molecular weight is 238 g/mol. The molecule has 1 aliphatic rings. The highest BCUT2D eigenvalue weighted by Gasteiger charge is 2.21. The van der Waals surface area contributed by atoms with Crippen molar-refractivity contribution in [3.8, 4) is 11.5 Å². The van der Waals surface area contributed by atoms with E-state index in [0.29, 0.717) is 17.2 Å². The van der Waals surface area contributed by atoms with E-state index in [9.17, 15) is 9.90 Å². The average Bonchev–Trinajstić information content (AvgIpc) is 2.83. The molecule has 6 heteroatoms. The maximum absolute atomic E-state index is 11.7. The summed E-state index contributed by atoms with van der Waals surface area (Å²) in [5, 5.41) is 9.38. The van der Waals surface area contributed by atoms with Crippen LogP contribution in [0.4, 0.5) is 5.69 Å². The fourth-order valence-electron chi connectivity index (χ4n) is 1.55. The van der Waals surface area contributed by atoms with Gasteiger partial charge in [0.1, 0.15) is 6.10 Å². The second-order valence-corrected chi connectivity index (χ2v) is 3.69. The van der Waals surface area contributed by atoms with Gasteiger partial charge in [0.15, 0.2) is 11.5 Å². The molecule has 0 bridgehead atoms. The Bertz CT molecular complexity index is 435. The zero-order valence-corrected chi connectivity index (χ0v) is 9.42. The van der Waals surface area contributed by atoms with Crippen LogP contribution in [0.25, 0.3) is 0 Å². The summed E-state index contributed by atoms with van der Waals surface area (Å²) in [4.78, 5) is 13.0. The molecule has 0 saturated heterocycles. The lowest BCUT2D eigenvalue weighted by atomic mass is 10.2. The van der Waals surface area contributed by atoms with E-state index in [1.54, 1.807) is 25.2 Å². The third kappa shape index (κ3) is 2.17. The number of hydrogen-bond donors (Lipinski definition) is 2. The fraction of sp³-hybridized carbons (Fsp3) is 0.364. The van der Waals surface area contributed by atoms with Crippen molar-refractivity contribution in [2.75, 3.05) is 25.3 Å². The minimum Gasteiger partial charge on any atom is -0.454 e. The number of hydrogen-bond acceptors (Lipinski definition) is 5. The Kier molecular flexibility index (Phi) is 3.16. The van der Waals surface area contributed by atoms with Gasteiger partial charge in [0.25, 0.3) is 5.91 Å². The molecule has 1 aliphatic heterocycles. The van der Waals surface area contributed by atoms with Gasteiger partial charge in [0, 0.05) is 25.3 Å². The summed E-state index contributed by atoms with van der Waals surface area (Å²) < 4.78 is 10.4. The molecule has 0 aliphatic carbocycles. The van der Waals surface area contributed by atoms with Gasteiger partial charge in [-0.1, -0.05) is 0 Å². The number of nitrogens with two attached hydrogens (primary N) is 1. The number of fused-ring (bicyclic) bond motifs is 1. The Labute approximate surface area is 98.5 Å². The lowest BCUT2D eigenvalue weighted by Crippen LogP contribution is -2.40. The zero-order valence-electron chi connectivity index (χ0n) is 9.42. The van der Waals surface area contributed by atoms with Crippen LogP contribution in [0.5, 0.6) is 11.5 Å². The van der Waals surface area contributed by atoms with Crippen molar-refractivity contribution < 1.29 is 19.4 Å². The van der Waals surface area contributed by atoms with Gasteiger partial charge < -0.3 is 25.2 Å². The summed E-state index contributed by atoms with van der Waals surface area (Å²) in [6.07, 6.45) is -1.19. The highest BCUT2D eigenvalue weighted by atomic mass is 16.7. The van der Waals surface area contributed by atoms with E-state index in [2.05, 4.69) is 0 Å². The number of ether oxygens (including phenoxy) is 2. The van der Waals surface area contributed by atoms with Crippen molar-refractivity contribution in [1.82, 2.24) is 0 Å². The summed E-state index contributed by atoms with van der Waals surface area (Å²) in [5.74, 6) is 0.782. The van der Waals surface area contributed by atoms with E-state index in [4.69, 9.17) is 15.2 Å². The lowest BCUT2D eigenvalue weighted by molar-refractivity contribution is -0.125. The Morgan fingerprint density at radius 2 is 2.24 bits per heavy atom. The quantitative estimate of drug-likeness (QED) is 0.755. The first-order valence-electron chi connectivity index (χ1n) is 5.19. The van der Waals surface area contributed by atoms with Crippen molar-refractivity contribution in [3.05, 3.63) is 18.2 Å². The molecule has 1 amide bonds. The van der Waals surface area contributed by atoms with Gasteiger partial charge in [0.2, 0.25) is 6.79 Å². The summed E-state index contributed by atoms with van der Waals surface area (Å²) >= 11 is 0. The predicted molar refractivity (Wildman–Crippen MR) is 61.0 cm³/mol. The molecule has 92 valence electrons. The highest BCUT2D eigenvalue weighted by molar-refractivity contribution is 5.96. The van der Waals surface area contributed by atoms with E-state index in [-0.39, 0.29) is 13.3 Å². The van der Waals surface area contributed by atoms with E-state index >= 15 is 0 Å². The Hall–Kier alpha value is -1.79. The smallest absolute Gasteiger partial charge is 0.256 e.